The van der Waals surface area contributed by atoms with Gasteiger partial charge in [-0.1, -0.05) is 54.6 Å². The minimum atomic E-state index is -0.841. The molecule has 0 fully saturated rings. The molecule has 0 aromatic heterocycles. The fourth-order valence-electron chi connectivity index (χ4n) is 3.40. The molecule has 2 N–H and O–H groups in total. The van der Waals surface area contributed by atoms with Crippen LogP contribution in [-0.4, -0.2) is 67.0 Å². The third kappa shape index (κ3) is 7.98. The number of rotatable bonds is 7. The Kier molecular flexibility index (Phi) is 11.2. The van der Waals surface area contributed by atoms with Crippen LogP contribution in [0.1, 0.15) is 39.7 Å². The minimum Gasteiger partial charge on any atom is -1.00 e. The van der Waals surface area contributed by atoms with Gasteiger partial charge in [0.2, 0.25) is 0 Å². The summed E-state index contributed by atoms with van der Waals surface area (Å²) in [5, 5.41) is 20.0. The van der Waals surface area contributed by atoms with Crippen LogP contribution in [-0.2, 0) is 9.59 Å². The van der Waals surface area contributed by atoms with Crippen molar-refractivity contribution in [3.8, 4) is 17.2 Å². The van der Waals surface area contributed by atoms with Crippen molar-refractivity contribution < 1.29 is 32.1 Å². The Hall–Kier alpha value is -3.06. The molecule has 0 aliphatic rings. The Labute approximate surface area is 243 Å². The second-order valence-corrected chi connectivity index (χ2v) is 8.08. The van der Waals surface area contributed by atoms with Crippen LogP contribution < -0.4 is 9.47 Å². The van der Waals surface area contributed by atoms with Crippen molar-refractivity contribution >= 4 is 60.4 Å². The summed E-state index contributed by atoms with van der Waals surface area (Å²) in [5.41, 5.74) is 1.55. The summed E-state index contributed by atoms with van der Waals surface area (Å²) in [7, 11) is 1.63. The van der Waals surface area contributed by atoms with E-state index in [2.05, 4.69) is 0 Å². The standard InChI is InChI=1S/C15H14O3.C14H14O3.Ca.2H/c1-11(15(16)17)12-6-5-9-14(10-12)18-13-7-3-2-4-8-13;1-9(14(15)16)10-3-4-12-8-13(17-2)6-5-11(12)7-10;;;/h2-11H,1H3,(H,16,17);3-9H,1-2H3,(H,15,16);;;/q;;+2;2*-1. The number of carboxylic acid groups (broad SMARTS) is 2. The van der Waals surface area contributed by atoms with Gasteiger partial charge in [0.05, 0.1) is 18.9 Å². The number of carboxylic acids is 2. The maximum atomic E-state index is 10.9. The average Bonchev–Trinajstić information content (AvgIpc) is 2.88. The number of ether oxygens (including phenoxy) is 2. The predicted molar refractivity (Wildman–Crippen MR) is 144 cm³/mol. The van der Waals surface area contributed by atoms with Crippen LogP contribution in [0.2, 0.25) is 0 Å². The van der Waals surface area contributed by atoms with Crippen LogP contribution in [0.5, 0.6) is 17.2 Å². The molecular formula is C29H30CaO6. The van der Waals surface area contributed by atoms with Gasteiger partial charge in [0.25, 0.3) is 0 Å². The van der Waals surface area contributed by atoms with E-state index in [9.17, 15) is 9.59 Å². The van der Waals surface area contributed by atoms with Gasteiger partial charge in [-0.15, -0.1) is 0 Å². The monoisotopic (exact) mass is 514 g/mol. The fraction of sp³-hybridized carbons (Fsp3) is 0.172. The van der Waals surface area contributed by atoms with E-state index >= 15 is 0 Å². The van der Waals surface area contributed by atoms with E-state index in [0.717, 1.165) is 33.4 Å². The molecule has 184 valence electrons. The number of fused-ring (bicyclic) bond motifs is 1. The quantitative estimate of drug-likeness (QED) is 0.272. The van der Waals surface area contributed by atoms with Crippen molar-refractivity contribution in [1.82, 2.24) is 0 Å². The first-order chi connectivity index (χ1) is 16.8. The van der Waals surface area contributed by atoms with Crippen LogP contribution in [0.25, 0.3) is 10.8 Å². The Morgan fingerprint density at radius 3 is 1.83 bits per heavy atom. The molecule has 0 saturated carbocycles. The van der Waals surface area contributed by atoms with Gasteiger partial charge in [0.1, 0.15) is 17.2 Å². The van der Waals surface area contributed by atoms with E-state index in [0.29, 0.717) is 5.75 Å². The third-order valence-electron chi connectivity index (χ3n) is 5.65. The van der Waals surface area contributed by atoms with Gasteiger partial charge in [-0.3, -0.25) is 9.59 Å². The number of aliphatic carboxylic acids is 2. The summed E-state index contributed by atoms with van der Waals surface area (Å²) >= 11 is 0. The van der Waals surface area contributed by atoms with Gasteiger partial charge < -0.3 is 22.5 Å². The van der Waals surface area contributed by atoms with Crippen molar-refractivity contribution in [3.05, 3.63) is 102 Å². The zero-order chi connectivity index (χ0) is 25.4. The molecule has 4 aromatic carbocycles. The molecule has 36 heavy (non-hydrogen) atoms. The molecule has 7 heteroatoms. The SMILES string of the molecule is CC(C(=O)O)c1cccc(Oc2ccccc2)c1.COc1ccc2cc(C(C)C(=O)O)ccc2c1.[Ca+2].[H-].[H-]. The van der Waals surface area contributed by atoms with Crippen LogP contribution in [0.3, 0.4) is 0 Å². The van der Waals surface area contributed by atoms with Gasteiger partial charge in [-0.25, -0.2) is 0 Å². The van der Waals surface area contributed by atoms with Crippen LogP contribution in [0.15, 0.2) is 91.0 Å². The van der Waals surface area contributed by atoms with Gasteiger partial charge in [0, 0.05) is 0 Å². The Morgan fingerprint density at radius 1 is 0.667 bits per heavy atom. The predicted octanol–water partition coefficient (Wildman–Crippen LogP) is 6.55. The third-order valence-corrected chi connectivity index (χ3v) is 5.65. The molecule has 0 aliphatic heterocycles. The first kappa shape index (κ1) is 29.2. The first-order valence-corrected chi connectivity index (χ1v) is 11.1. The summed E-state index contributed by atoms with van der Waals surface area (Å²) in [4.78, 5) is 21.8. The second kappa shape index (κ2) is 13.9. The molecular weight excluding hydrogens is 484 g/mol. The average molecular weight is 515 g/mol. The Balaban J connectivity index is 0.000000669. The summed E-state index contributed by atoms with van der Waals surface area (Å²) < 4.78 is 10.8. The topological polar surface area (TPSA) is 93.1 Å². The Bertz CT molecular complexity index is 1320. The van der Waals surface area contributed by atoms with Gasteiger partial charge in [0.15, 0.2) is 0 Å². The molecule has 0 amide bonds. The zero-order valence-corrected chi connectivity index (χ0v) is 22.8. The molecule has 0 radical (unpaired) electrons. The van der Waals surface area contributed by atoms with E-state index in [4.69, 9.17) is 19.7 Å². The smallest absolute Gasteiger partial charge is 1.00 e. The number of benzene rings is 4. The van der Waals surface area contributed by atoms with Gasteiger partial charge in [-0.05, 0) is 72.1 Å². The zero-order valence-electron chi connectivity index (χ0n) is 22.5. The fourth-order valence-corrected chi connectivity index (χ4v) is 3.40. The van der Waals surface area contributed by atoms with Crippen LogP contribution in [0, 0.1) is 0 Å². The normalized spacial score (nSPS) is 11.8. The van der Waals surface area contributed by atoms with Gasteiger partial charge >= 0.3 is 49.7 Å². The number of para-hydroxylation sites is 1. The molecule has 0 heterocycles. The van der Waals surface area contributed by atoms with E-state index < -0.39 is 23.8 Å². The summed E-state index contributed by atoms with van der Waals surface area (Å²) in [6, 6.07) is 28.0. The van der Waals surface area contributed by atoms with Crippen molar-refractivity contribution in [3.63, 3.8) is 0 Å². The maximum absolute atomic E-state index is 10.9. The Morgan fingerprint density at radius 2 is 1.22 bits per heavy atom. The maximum Gasteiger partial charge on any atom is 2.00 e. The van der Waals surface area contributed by atoms with Gasteiger partial charge in [-0.2, -0.15) is 0 Å². The molecule has 2 unspecified atom stereocenters. The molecule has 0 bridgehead atoms. The van der Waals surface area contributed by atoms with E-state index in [1.807, 2.05) is 72.8 Å². The second-order valence-electron chi connectivity index (χ2n) is 8.08. The van der Waals surface area contributed by atoms with Crippen LogP contribution >= 0.6 is 0 Å². The number of hydrogen-bond acceptors (Lipinski definition) is 4. The summed E-state index contributed by atoms with van der Waals surface area (Å²) in [6.45, 7) is 3.34. The molecule has 4 aromatic rings. The first-order valence-electron chi connectivity index (χ1n) is 11.1. The molecule has 4 rings (SSSR count). The minimum absolute atomic E-state index is 0. The van der Waals surface area contributed by atoms with E-state index in [-0.39, 0.29) is 40.6 Å². The summed E-state index contributed by atoms with van der Waals surface area (Å²) in [5.74, 6) is -0.489. The van der Waals surface area contributed by atoms with Crippen molar-refractivity contribution in [2.75, 3.05) is 7.11 Å². The molecule has 0 aliphatic carbocycles. The molecule has 2 atom stereocenters. The van der Waals surface area contributed by atoms with Crippen LogP contribution in [0.4, 0.5) is 0 Å². The van der Waals surface area contributed by atoms with Crippen molar-refractivity contribution in [2.45, 2.75) is 25.7 Å². The van der Waals surface area contributed by atoms with E-state index in [1.165, 1.54) is 0 Å². The molecule has 0 saturated heterocycles. The largest absolute Gasteiger partial charge is 2.00 e. The van der Waals surface area contributed by atoms with Crippen molar-refractivity contribution in [2.24, 2.45) is 0 Å². The van der Waals surface area contributed by atoms with Crippen molar-refractivity contribution in [1.29, 1.82) is 0 Å². The number of methoxy groups -OCH3 is 1. The number of hydrogen-bond donors (Lipinski definition) is 2. The molecule has 0 spiro atoms. The number of carbonyl (C=O) groups is 2. The van der Waals surface area contributed by atoms with E-state index in [1.54, 1.807) is 39.2 Å². The summed E-state index contributed by atoms with van der Waals surface area (Å²) in [6.07, 6.45) is 0. The molecule has 6 nitrogen and oxygen atoms in total.